The fourth-order valence-electron chi connectivity index (χ4n) is 4.63. The third kappa shape index (κ3) is 5.42. The van der Waals surface area contributed by atoms with Gasteiger partial charge in [0.1, 0.15) is 18.2 Å². The van der Waals surface area contributed by atoms with Crippen molar-refractivity contribution in [3.8, 4) is 5.75 Å². The van der Waals surface area contributed by atoms with E-state index in [1.807, 2.05) is 24.3 Å². The van der Waals surface area contributed by atoms with E-state index in [1.54, 1.807) is 0 Å². The van der Waals surface area contributed by atoms with Crippen LogP contribution >= 0.6 is 11.6 Å². The maximum Gasteiger partial charge on any atom is 0.148 e. The zero-order valence-corrected chi connectivity index (χ0v) is 19.8. The van der Waals surface area contributed by atoms with E-state index in [-0.39, 0.29) is 0 Å². The number of imidazole rings is 1. The summed E-state index contributed by atoms with van der Waals surface area (Å²) in [4.78, 5) is 7.38. The zero-order valence-electron chi connectivity index (χ0n) is 19.0. The largest absolute Gasteiger partial charge is 0.486 e. The Balaban J connectivity index is 1.45. The first-order chi connectivity index (χ1) is 15.0. The average Bonchev–Trinajstić information content (AvgIpc) is 3.13. The molecule has 31 heavy (non-hydrogen) atoms. The van der Waals surface area contributed by atoms with Crippen molar-refractivity contribution in [2.45, 2.75) is 59.1 Å². The molecule has 4 nitrogen and oxygen atoms in total. The van der Waals surface area contributed by atoms with Gasteiger partial charge in [-0.05, 0) is 101 Å². The molecule has 0 unspecified atom stereocenters. The molecule has 0 aliphatic carbocycles. The van der Waals surface area contributed by atoms with Crippen LogP contribution in [0.5, 0.6) is 5.75 Å². The van der Waals surface area contributed by atoms with Gasteiger partial charge in [-0.2, -0.15) is 0 Å². The quantitative estimate of drug-likeness (QED) is 0.380. The van der Waals surface area contributed by atoms with Gasteiger partial charge < -0.3 is 14.2 Å². The van der Waals surface area contributed by atoms with Crippen molar-refractivity contribution in [2.24, 2.45) is 5.92 Å². The van der Waals surface area contributed by atoms with Crippen LogP contribution in [0.1, 0.15) is 49.1 Å². The van der Waals surface area contributed by atoms with E-state index < -0.39 is 0 Å². The molecule has 0 saturated carbocycles. The summed E-state index contributed by atoms with van der Waals surface area (Å²) in [6.07, 6.45) is 6.50. The van der Waals surface area contributed by atoms with Gasteiger partial charge in [-0.3, -0.25) is 0 Å². The van der Waals surface area contributed by atoms with E-state index in [2.05, 4.69) is 42.5 Å². The van der Waals surface area contributed by atoms with E-state index >= 15 is 0 Å². The number of hydrogen-bond donors (Lipinski definition) is 0. The smallest absolute Gasteiger partial charge is 0.148 e. The number of halogens is 1. The number of aryl methyl sites for hydroxylation is 3. The third-order valence-electron chi connectivity index (χ3n) is 6.78. The Bertz CT molecular complexity index is 1000. The SMILES string of the molecule is Cc1ccc2nc(COc3ccc(Cl)cc3)n(CCCCC3CCN(C)CC3)c2c1C. The number of benzene rings is 2. The van der Waals surface area contributed by atoms with Crippen LogP contribution in [0.4, 0.5) is 0 Å². The number of piperidine rings is 1. The highest BCUT2D eigenvalue weighted by atomic mass is 35.5. The van der Waals surface area contributed by atoms with Crippen molar-refractivity contribution in [1.82, 2.24) is 14.5 Å². The van der Waals surface area contributed by atoms with Gasteiger partial charge in [0, 0.05) is 11.6 Å². The molecule has 0 N–H and O–H groups in total. The second-order valence-electron chi connectivity index (χ2n) is 9.04. The second-order valence-corrected chi connectivity index (χ2v) is 9.48. The van der Waals surface area contributed by atoms with Gasteiger partial charge >= 0.3 is 0 Å². The highest BCUT2D eigenvalue weighted by Crippen LogP contribution is 2.26. The average molecular weight is 440 g/mol. The predicted octanol–water partition coefficient (Wildman–Crippen LogP) is 6.40. The Morgan fingerprint density at radius 2 is 1.77 bits per heavy atom. The lowest BCUT2D eigenvalue weighted by Crippen LogP contribution is -2.30. The maximum atomic E-state index is 6.05. The molecule has 0 atom stereocenters. The van der Waals surface area contributed by atoms with E-state index in [0.29, 0.717) is 6.61 Å². The normalized spacial score (nSPS) is 15.6. The zero-order chi connectivity index (χ0) is 21.8. The first-order valence-electron chi connectivity index (χ1n) is 11.5. The Kier molecular flexibility index (Phi) is 7.19. The molecule has 0 radical (unpaired) electrons. The summed E-state index contributed by atoms with van der Waals surface area (Å²) in [5.74, 6) is 2.71. The summed E-state index contributed by atoms with van der Waals surface area (Å²) in [7, 11) is 2.23. The van der Waals surface area contributed by atoms with Crippen LogP contribution < -0.4 is 4.74 Å². The lowest BCUT2D eigenvalue weighted by atomic mass is 9.92. The molecule has 1 aliphatic rings. The third-order valence-corrected chi connectivity index (χ3v) is 7.03. The minimum atomic E-state index is 0.462. The van der Waals surface area contributed by atoms with Crippen molar-refractivity contribution in [3.63, 3.8) is 0 Å². The topological polar surface area (TPSA) is 30.3 Å². The van der Waals surface area contributed by atoms with Gasteiger partial charge in [-0.15, -0.1) is 0 Å². The second kappa shape index (κ2) is 10.1. The number of likely N-dealkylation sites (tertiary alicyclic amines) is 1. The van der Waals surface area contributed by atoms with Crippen LogP contribution in [-0.4, -0.2) is 34.6 Å². The first-order valence-corrected chi connectivity index (χ1v) is 11.9. The molecule has 0 spiro atoms. The number of hydrogen-bond acceptors (Lipinski definition) is 3. The van der Waals surface area contributed by atoms with Gasteiger partial charge in [-0.1, -0.05) is 30.5 Å². The fraction of sp³-hybridized carbons (Fsp3) is 0.500. The Morgan fingerprint density at radius 1 is 1.03 bits per heavy atom. The van der Waals surface area contributed by atoms with E-state index in [0.717, 1.165) is 34.6 Å². The van der Waals surface area contributed by atoms with Crippen LogP contribution in [0.2, 0.25) is 5.02 Å². The van der Waals surface area contributed by atoms with Gasteiger partial charge in [0.25, 0.3) is 0 Å². The molecular formula is C26H34ClN3O. The van der Waals surface area contributed by atoms with Crippen molar-refractivity contribution in [3.05, 3.63) is 58.4 Å². The summed E-state index contributed by atoms with van der Waals surface area (Å²) in [5.41, 5.74) is 4.95. The predicted molar refractivity (Wildman–Crippen MR) is 129 cm³/mol. The number of fused-ring (bicyclic) bond motifs is 1. The number of rotatable bonds is 8. The van der Waals surface area contributed by atoms with E-state index in [4.69, 9.17) is 21.3 Å². The maximum absolute atomic E-state index is 6.05. The highest BCUT2D eigenvalue weighted by Gasteiger charge is 2.17. The summed E-state index contributed by atoms with van der Waals surface area (Å²) < 4.78 is 8.44. The number of ether oxygens (including phenoxy) is 1. The summed E-state index contributed by atoms with van der Waals surface area (Å²) in [6.45, 7) is 8.34. The molecule has 5 heteroatoms. The van der Waals surface area contributed by atoms with Crippen LogP contribution in [-0.2, 0) is 13.2 Å². The molecule has 1 aromatic heterocycles. The van der Waals surface area contributed by atoms with Gasteiger partial charge in [0.05, 0.1) is 11.0 Å². The summed E-state index contributed by atoms with van der Waals surface area (Å²) in [6, 6.07) is 11.8. The molecule has 2 aromatic carbocycles. The molecule has 4 rings (SSSR count). The lowest BCUT2D eigenvalue weighted by Gasteiger charge is -2.28. The van der Waals surface area contributed by atoms with Gasteiger partial charge in [0.15, 0.2) is 0 Å². The van der Waals surface area contributed by atoms with Crippen molar-refractivity contribution in [2.75, 3.05) is 20.1 Å². The molecular weight excluding hydrogens is 406 g/mol. The van der Waals surface area contributed by atoms with Crippen LogP contribution in [0.3, 0.4) is 0 Å². The van der Waals surface area contributed by atoms with Crippen LogP contribution in [0.25, 0.3) is 11.0 Å². The fourth-order valence-corrected chi connectivity index (χ4v) is 4.76. The van der Waals surface area contributed by atoms with Gasteiger partial charge in [-0.25, -0.2) is 4.98 Å². The minimum Gasteiger partial charge on any atom is -0.486 e. The number of unbranched alkanes of at least 4 members (excludes halogenated alkanes) is 1. The molecule has 1 saturated heterocycles. The van der Waals surface area contributed by atoms with Crippen LogP contribution in [0, 0.1) is 19.8 Å². The van der Waals surface area contributed by atoms with Crippen molar-refractivity contribution in [1.29, 1.82) is 0 Å². The number of nitrogens with zero attached hydrogens (tertiary/aromatic N) is 3. The van der Waals surface area contributed by atoms with Crippen molar-refractivity contribution >= 4 is 22.6 Å². The Labute approximate surface area is 191 Å². The highest BCUT2D eigenvalue weighted by molar-refractivity contribution is 6.30. The number of aromatic nitrogens is 2. The molecule has 166 valence electrons. The van der Waals surface area contributed by atoms with Gasteiger partial charge in [0.2, 0.25) is 0 Å². The molecule has 0 bridgehead atoms. The monoisotopic (exact) mass is 439 g/mol. The van der Waals surface area contributed by atoms with E-state index in [9.17, 15) is 0 Å². The molecule has 3 aromatic rings. The Morgan fingerprint density at radius 3 is 2.52 bits per heavy atom. The molecule has 2 heterocycles. The molecule has 1 fully saturated rings. The first kappa shape index (κ1) is 22.2. The standard InChI is InChI=1S/C26H34ClN3O/c1-19-7-12-24-26(20(19)2)30(15-5-4-6-21-13-16-29(3)17-14-21)25(28-24)18-31-23-10-8-22(27)9-11-23/h7-12,21H,4-6,13-18H2,1-3H3. The Hall–Kier alpha value is -2.04. The summed E-state index contributed by atoms with van der Waals surface area (Å²) >= 11 is 6.00. The van der Waals surface area contributed by atoms with E-state index in [1.165, 1.54) is 61.8 Å². The lowest BCUT2D eigenvalue weighted by molar-refractivity contribution is 0.209. The summed E-state index contributed by atoms with van der Waals surface area (Å²) in [5, 5.41) is 0.718. The molecule has 0 amide bonds. The van der Waals surface area contributed by atoms with Crippen LogP contribution in [0.15, 0.2) is 36.4 Å². The molecule has 1 aliphatic heterocycles. The van der Waals surface area contributed by atoms with Crippen molar-refractivity contribution < 1.29 is 4.74 Å². The minimum absolute atomic E-state index is 0.462.